The number of carbonyl (C=O) groups is 1. The Kier molecular flexibility index (Phi) is 3.24. The molecule has 0 aromatic rings. The Morgan fingerprint density at radius 3 is 2.38 bits per heavy atom. The van der Waals surface area contributed by atoms with Crippen LogP contribution in [0.15, 0.2) is 0 Å². The number of hydrogen-bond acceptors (Lipinski definition) is 1. The van der Waals surface area contributed by atoms with Crippen LogP contribution >= 0.6 is 0 Å². The van der Waals surface area contributed by atoms with Gasteiger partial charge in [-0.2, -0.15) is 0 Å². The third kappa shape index (κ3) is 2.61. The van der Waals surface area contributed by atoms with Crippen LogP contribution in [0.3, 0.4) is 0 Å². The molecule has 2 nitrogen and oxygen atoms in total. The first-order valence-electron chi connectivity index (χ1n) is 2.68. The minimum atomic E-state index is 0.114. The SMILES string of the molecule is C[CH]CN(C)C(C)=O. The molecule has 47 valence electrons. The van der Waals surface area contributed by atoms with Gasteiger partial charge in [-0.1, -0.05) is 6.92 Å². The predicted octanol–water partition coefficient (Wildman–Crippen LogP) is 0.689. The van der Waals surface area contributed by atoms with Crippen LogP contribution in [-0.2, 0) is 4.79 Å². The molecule has 0 heterocycles. The molecular weight excluding hydrogens is 102 g/mol. The van der Waals surface area contributed by atoms with E-state index in [0.29, 0.717) is 0 Å². The summed E-state index contributed by atoms with van der Waals surface area (Å²) in [5, 5.41) is 0. The number of nitrogens with zero attached hydrogens (tertiary/aromatic N) is 1. The van der Waals surface area contributed by atoms with Gasteiger partial charge < -0.3 is 4.90 Å². The topological polar surface area (TPSA) is 20.3 Å². The normalized spacial score (nSPS) is 8.88. The molecule has 0 aromatic heterocycles. The smallest absolute Gasteiger partial charge is 0.219 e. The van der Waals surface area contributed by atoms with Crippen molar-refractivity contribution in [2.24, 2.45) is 0 Å². The molecule has 0 N–H and O–H groups in total. The molecule has 0 spiro atoms. The Labute approximate surface area is 50.5 Å². The van der Waals surface area contributed by atoms with Crippen LogP contribution in [0.1, 0.15) is 13.8 Å². The Morgan fingerprint density at radius 2 is 2.25 bits per heavy atom. The van der Waals surface area contributed by atoms with E-state index in [1.165, 1.54) is 0 Å². The van der Waals surface area contributed by atoms with E-state index in [1.54, 1.807) is 18.9 Å². The van der Waals surface area contributed by atoms with Crippen LogP contribution in [0.5, 0.6) is 0 Å². The van der Waals surface area contributed by atoms with E-state index in [-0.39, 0.29) is 5.91 Å². The highest BCUT2D eigenvalue weighted by Gasteiger charge is 1.96. The van der Waals surface area contributed by atoms with Crippen LogP contribution in [-0.4, -0.2) is 24.4 Å². The average Bonchev–Trinajstić information content (AvgIpc) is 1.67. The quantitative estimate of drug-likeness (QED) is 0.517. The van der Waals surface area contributed by atoms with Crippen molar-refractivity contribution in [3.8, 4) is 0 Å². The van der Waals surface area contributed by atoms with Gasteiger partial charge in [-0.25, -0.2) is 0 Å². The fraction of sp³-hybridized carbons (Fsp3) is 0.667. The van der Waals surface area contributed by atoms with Gasteiger partial charge in [0.15, 0.2) is 0 Å². The minimum absolute atomic E-state index is 0.114. The molecule has 0 rings (SSSR count). The summed E-state index contributed by atoms with van der Waals surface area (Å²) < 4.78 is 0. The van der Waals surface area contributed by atoms with Crippen LogP contribution < -0.4 is 0 Å². The molecular formula is C6H12NO. The first-order valence-corrected chi connectivity index (χ1v) is 2.68. The Hall–Kier alpha value is -0.530. The second-order valence-corrected chi connectivity index (χ2v) is 1.81. The average molecular weight is 114 g/mol. The zero-order valence-corrected chi connectivity index (χ0v) is 5.64. The first kappa shape index (κ1) is 7.47. The third-order valence-corrected chi connectivity index (χ3v) is 0.994. The van der Waals surface area contributed by atoms with Gasteiger partial charge in [-0.3, -0.25) is 4.79 Å². The highest BCUT2D eigenvalue weighted by Crippen LogP contribution is 1.83. The van der Waals surface area contributed by atoms with Gasteiger partial charge in [0.1, 0.15) is 0 Å². The maximum atomic E-state index is 10.4. The predicted molar refractivity (Wildman–Crippen MR) is 33.3 cm³/mol. The van der Waals surface area contributed by atoms with Crippen molar-refractivity contribution in [3.63, 3.8) is 0 Å². The summed E-state index contributed by atoms with van der Waals surface area (Å²) in [4.78, 5) is 12.1. The molecule has 0 unspecified atom stereocenters. The lowest BCUT2D eigenvalue weighted by Crippen LogP contribution is -2.24. The van der Waals surface area contributed by atoms with Gasteiger partial charge in [0.2, 0.25) is 5.91 Å². The zero-order chi connectivity index (χ0) is 6.57. The highest BCUT2D eigenvalue weighted by atomic mass is 16.2. The number of amides is 1. The van der Waals surface area contributed by atoms with Gasteiger partial charge >= 0.3 is 0 Å². The van der Waals surface area contributed by atoms with Gasteiger partial charge in [0.05, 0.1) is 0 Å². The van der Waals surface area contributed by atoms with Crippen molar-refractivity contribution >= 4 is 5.91 Å². The molecule has 1 amide bonds. The summed E-state index contributed by atoms with van der Waals surface area (Å²) in [5.41, 5.74) is 0. The lowest BCUT2D eigenvalue weighted by atomic mass is 10.4. The lowest BCUT2D eigenvalue weighted by molar-refractivity contribution is -0.127. The van der Waals surface area contributed by atoms with E-state index < -0.39 is 0 Å². The zero-order valence-electron chi connectivity index (χ0n) is 5.64. The minimum Gasteiger partial charge on any atom is -0.346 e. The Morgan fingerprint density at radius 1 is 1.75 bits per heavy atom. The van der Waals surface area contributed by atoms with E-state index in [9.17, 15) is 4.79 Å². The second-order valence-electron chi connectivity index (χ2n) is 1.81. The molecule has 8 heavy (non-hydrogen) atoms. The summed E-state index contributed by atoms with van der Waals surface area (Å²) in [7, 11) is 1.78. The van der Waals surface area contributed by atoms with Crippen LogP contribution in [0.2, 0.25) is 0 Å². The van der Waals surface area contributed by atoms with Gasteiger partial charge in [-0.15, -0.1) is 0 Å². The van der Waals surface area contributed by atoms with Gasteiger partial charge in [0.25, 0.3) is 0 Å². The van der Waals surface area contributed by atoms with Crippen LogP contribution in [0, 0.1) is 6.42 Å². The van der Waals surface area contributed by atoms with Crippen LogP contribution in [0.25, 0.3) is 0 Å². The van der Waals surface area contributed by atoms with E-state index in [4.69, 9.17) is 0 Å². The molecule has 0 aliphatic carbocycles. The monoisotopic (exact) mass is 114 g/mol. The molecule has 0 aromatic carbocycles. The summed E-state index contributed by atoms with van der Waals surface area (Å²) >= 11 is 0. The maximum absolute atomic E-state index is 10.4. The van der Waals surface area contributed by atoms with Crippen molar-refractivity contribution in [2.45, 2.75) is 13.8 Å². The molecule has 0 bridgehead atoms. The van der Waals surface area contributed by atoms with Gasteiger partial charge in [0, 0.05) is 20.5 Å². The van der Waals surface area contributed by atoms with E-state index in [0.717, 1.165) is 6.54 Å². The molecule has 0 fully saturated rings. The number of rotatable bonds is 2. The van der Waals surface area contributed by atoms with Crippen molar-refractivity contribution in [1.82, 2.24) is 4.90 Å². The molecule has 0 atom stereocenters. The molecule has 1 radical (unpaired) electrons. The summed E-state index contributed by atoms with van der Waals surface area (Å²) in [6.07, 6.45) is 1.95. The summed E-state index contributed by atoms with van der Waals surface area (Å²) in [5.74, 6) is 0.114. The Bertz CT molecular complexity index is 80.6. The van der Waals surface area contributed by atoms with Crippen molar-refractivity contribution in [3.05, 3.63) is 6.42 Å². The highest BCUT2D eigenvalue weighted by molar-refractivity contribution is 5.72. The molecule has 2 heteroatoms. The van der Waals surface area contributed by atoms with E-state index in [2.05, 4.69) is 0 Å². The first-order chi connectivity index (χ1) is 3.68. The standard InChI is InChI=1S/C6H12NO/c1-4-5-7(3)6(2)8/h4H,5H2,1-3H3. The summed E-state index contributed by atoms with van der Waals surface area (Å²) in [6.45, 7) is 4.23. The van der Waals surface area contributed by atoms with E-state index >= 15 is 0 Å². The largest absolute Gasteiger partial charge is 0.346 e. The number of carbonyl (C=O) groups excluding carboxylic acids is 1. The lowest BCUT2D eigenvalue weighted by Gasteiger charge is -2.11. The molecule has 0 saturated carbocycles. The van der Waals surface area contributed by atoms with E-state index in [1.807, 2.05) is 13.3 Å². The fourth-order valence-electron chi connectivity index (χ4n) is 0.402. The molecule has 0 saturated heterocycles. The molecule has 0 aliphatic rings. The Balaban J connectivity index is 3.32. The maximum Gasteiger partial charge on any atom is 0.219 e. The fourth-order valence-corrected chi connectivity index (χ4v) is 0.402. The summed E-state index contributed by atoms with van der Waals surface area (Å²) in [6, 6.07) is 0. The second kappa shape index (κ2) is 3.47. The van der Waals surface area contributed by atoms with Crippen molar-refractivity contribution < 1.29 is 4.79 Å². The van der Waals surface area contributed by atoms with Crippen LogP contribution in [0.4, 0.5) is 0 Å². The number of hydrogen-bond donors (Lipinski definition) is 0. The van der Waals surface area contributed by atoms with Crippen molar-refractivity contribution in [2.75, 3.05) is 13.6 Å². The molecule has 0 aliphatic heterocycles. The van der Waals surface area contributed by atoms with Gasteiger partial charge in [-0.05, 0) is 6.42 Å². The third-order valence-electron chi connectivity index (χ3n) is 0.994. The van der Waals surface area contributed by atoms with Crippen molar-refractivity contribution in [1.29, 1.82) is 0 Å².